The second-order valence-electron chi connectivity index (χ2n) is 2.68. The van der Waals surface area contributed by atoms with E-state index >= 15 is 0 Å². The molecule has 3 nitrogen and oxygen atoms in total. The number of hydrogen-bond donors (Lipinski definition) is 1. The lowest BCUT2D eigenvalue weighted by Gasteiger charge is -2.18. The molecule has 4 heteroatoms. The van der Waals surface area contributed by atoms with Crippen molar-refractivity contribution in [3.63, 3.8) is 0 Å². The predicted molar refractivity (Wildman–Crippen MR) is 57.0 cm³/mol. The molecule has 0 bridgehead atoms. The van der Waals surface area contributed by atoms with Crippen molar-refractivity contribution in [2.45, 2.75) is 13.3 Å². The van der Waals surface area contributed by atoms with E-state index < -0.39 is 0 Å². The van der Waals surface area contributed by atoms with E-state index in [9.17, 15) is 0 Å². The summed E-state index contributed by atoms with van der Waals surface area (Å²) in [7, 11) is 0. The Morgan fingerprint density at radius 2 is 2.15 bits per heavy atom. The molecule has 0 heterocycles. The Kier molecular flexibility index (Phi) is 9.66. The first kappa shape index (κ1) is 12.8. The summed E-state index contributed by atoms with van der Waals surface area (Å²) in [4.78, 5) is 2.21. The van der Waals surface area contributed by atoms with Gasteiger partial charge >= 0.3 is 0 Å². The van der Waals surface area contributed by atoms with Gasteiger partial charge in [0.15, 0.2) is 0 Å². The predicted octanol–water partition coefficient (Wildman–Crippen LogP) is 1.17. The molecule has 0 rings (SSSR count). The van der Waals surface area contributed by atoms with Crippen LogP contribution in [0.3, 0.4) is 0 Å². The molecule has 76 valence electrons. The Hall–Kier alpha value is -0.240. The maximum atomic E-state index is 8.40. The molecular formula is C9H18N2OS. The summed E-state index contributed by atoms with van der Waals surface area (Å²) in [6.07, 6.45) is 0.598. The van der Waals surface area contributed by atoms with Crippen molar-refractivity contribution in [3.05, 3.63) is 0 Å². The minimum Gasteiger partial charge on any atom is -0.379 e. The molecule has 0 fully saturated rings. The molecule has 0 aromatic rings. The highest BCUT2D eigenvalue weighted by atomic mass is 32.1. The fraction of sp³-hybridized carbons (Fsp3) is 0.889. The first-order valence-corrected chi connectivity index (χ1v) is 5.26. The highest BCUT2D eigenvalue weighted by Crippen LogP contribution is 1.90. The van der Waals surface area contributed by atoms with Gasteiger partial charge in [0.2, 0.25) is 0 Å². The maximum Gasteiger partial charge on any atom is 0.0635 e. The fourth-order valence-corrected chi connectivity index (χ4v) is 1.13. The van der Waals surface area contributed by atoms with Crippen LogP contribution in [-0.4, -0.2) is 43.5 Å². The summed E-state index contributed by atoms with van der Waals surface area (Å²) in [6, 6.07) is 2.14. The Bertz CT molecular complexity index is 147. The molecule has 0 aliphatic carbocycles. The number of nitrogens with zero attached hydrogens (tertiary/aromatic N) is 2. The number of ether oxygens (including phenoxy) is 1. The monoisotopic (exact) mass is 202 g/mol. The first-order valence-electron chi connectivity index (χ1n) is 4.63. The van der Waals surface area contributed by atoms with E-state index in [-0.39, 0.29) is 0 Å². The third kappa shape index (κ3) is 8.10. The third-order valence-corrected chi connectivity index (χ3v) is 1.96. The maximum absolute atomic E-state index is 8.40. The molecule has 0 aliphatic heterocycles. The molecule has 0 saturated carbocycles. The smallest absolute Gasteiger partial charge is 0.0635 e. The van der Waals surface area contributed by atoms with Crippen molar-refractivity contribution in [1.82, 2.24) is 4.90 Å². The van der Waals surface area contributed by atoms with Crippen molar-refractivity contribution < 1.29 is 4.74 Å². The highest BCUT2D eigenvalue weighted by Gasteiger charge is 2.00. The molecule has 0 amide bonds. The van der Waals surface area contributed by atoms with Gasteiger partial charge in [-0.25, -0.2) is 0 Å². The highest BCUT2D eigenvalue weighted by molar-refractivity contribution is 7.80. The third-order valence-electron chi connectivity index (χ3n) is 1.77. The van der Waals surface area contributed by atoms with E-state index in [4.69, 9.17) is 10.00 Å². The molecule has 0 N–H and O–H groups in total. The van der Waals surface area contributed by atoms with Crippen LogP contribution in [-0.2, 0) is 4.74 Å². The number of thiol groups is 1. The number of rotatable bonds is 8. The van der Waals surface area contributed by atoms with Crippen molar-refractivity contribution >= 4 is 12.6 Å². The minimum absolute atomic E-state index is 0.598. The molecule has 0 aromatic heterocycles. The second kappa shape index (κ2) is 9.85. The normalized spacial score (nSPS) is 10.3. The first-order chi connectivity index (χ1) is 6.35. The average Bonchev–Trinajstić information content (AvgIpc) is 2.17. The lowest BCUT2D eigenvalue weighted by atomic mass is 10.4. The zero-order chi connectivity index (χ0) is 9.94. The van der Waals surface area contributed by atoms with Crippen molar-refractivity contribution in [1.29, 1.82) is 5.26 Å². The standard InChI is InChI=1S/C9H18N2OS/c1-2-11(5-3-4-10)6-7-12-8-9-13/h13H,2-3,5-9H2,1H3. The van der Waals surface area contributed by atoms with Gasteiger partial charge in [0.1, 0.15) is 0 Å². The zero-order valence-electron chi connectivity index (χ0n) is 8.20. The summed E-state index contributed by atoms with van der Waals surface area (Å²) >= 11 is 4.04. The number of hydrogen-bond acceptors (Lipinski definition) is 4. The van der Waals surface area contributed by atoms with Crippen LogP contribution in [0.25, 0.3) is 0 Å². The van der Waals surface area contributed by atoms with Gasteiger partial charge < -0.3 is 9.64 Å². The molecule has 0 radical (unpaired) electrons. The number of nitriles is 1. The molecule has 0 spiro atoms. The summed E-state index contributed by atoms with van der Waals surface area (Å²) in [5, 5.41) is 8.40. The molecule has 0 atom stereocenters. The van der Waals surface area contributed by atoms with Gasteiger partial charge in [0.05, 0.1) is 19.3 Å². The summed E-state index contributed by atoms with van der Waals surface area (Å²) in [5.74, 6) is 0.768. The van der Waals surface area contributed by atoms with E-state index in [1.807, 2.05) is 0 Å². The van der Waals surface area contributed by atoms with E-state index in [0.29, 0.717) is 13.0 Å². The van der Waals surface area contributed by atoms with Gasteiger partial charge in [-0.1, -0.05) is 6.92 Å². The Morgan fingerprint density at radius 1 is 1.38 bits per heavy atom. The minimum atomic E-state index is 0.598. The lowest BCUT2D eigenvalue weighted by molar-refractivity contribution is 0.118. The van der Waals surface area contributed by atoms with Gasteiger partial charge in [0.25, 0.3) is 0 Å². The molecule has 0 saturated heterocycles. The van der Waals surface area contributed by atoms with Crippen molar-refractivity contribution in [2.75, 3.05) is 38.6 Å². The van der Waals surface area contributed by atoms with Gasteiger partial charge in [-0.3, -0.25) is 0 Å². The van der Waals surface area contributed by atoms with Crippen LogP contribution in [0.4, 0.5) is 0 Å². The van der Waals surface area contributed by atoms with Gasteiger partial charge in [-0.2, -0.15) is 17.9 Å². The van der Waals surface area contributed by atoms with E-state index in [2.05, 4.69) is 30.5 Å². The molecule has 0 aliphatic rings. The molecule has 0 unspecified atom stereocenters. The van der Waals surface area contributed by atoms with Crippen LogP contribution in [0.5, 0.6) is 0 Å². The van der Waals surface area contributed by atoms with Crippen LogP contribution in [0, 0.1) is 11.3 Å². The van der Waals surface area contributed by atoms with E-state index in [1.54, 1.807) is 0 Å². The van der Waals surface area contributed by atoms with Crippen LogP contribution in [0.1, 0.15) is 13.3 Å². The van der Waals surface area contributed by atoms with Crippen LogP contribution in [0.2, 0.25) is 0 Å². The van der Waals surface area contributed by atoms with Gasteiger partial charge in [-0.05, 0) is 6.54 Å². The Morgan fingerprint density at radius 3 is 2.69 bits per heavy atom. The average molecular weight is 202 g/mol. The summed E-state index contributed by atoms with van der Waals surface area (Å²) in [6.45, 7) is 6.27. The molecule has 0 aromatic carbocycles. The lowest BCUT2D eigenvalue weighted by Crippen LogP contribution is -2.28. The zero-order valence-corrected chi connectivity index (χ0v) is 9.09. The van der Waals surface area contributed by atoms with Gasteiger partial charge in [-0.15, -0.1) is 0 Å². The Labute approximate surface area is 86.1 Å². The fourth-order valence-electron chi connectivity index (χ4n) is 0.996. The quantitative estimate of drug-likeness (QED) is 0.474. The van der Waals surface area contributed by atoms with Crippen LogP contribution >= 0.6 is 12.6 Å². The SMILES string of the molecule is CCN(CCC#N)CCOCCS. The Balaban J connectivity index is 3.32. The van der Waals surface area contributed by atoms with Crippen LogP contribution < -0.4 is 0 Å². The van der Waals surface area contributed by atoms with Crippen molar-refractivity contribution in [2.24, 2.45) is 0 Å². The topological polar surface area (TPSA) is 36.3 Å². The molecular weight excluding hydrogens is 184 g/mol. The largest absolute Gasteiger partial charge is 0.379 e. The van der Waals surface area contributed by atoms with Crippen LogP contribution in [0.15, 0.2) is 0 Å². The van der Waals surface area contributed by atoms with E-state index in [0.717, 1.165) is 32.0 Å². The second-order valence-corrected chi connectivity index (χ2v) is 3.13. The summed E-state index contributed by atoms with van der Waals surface area (Å²) < 4.78 is 5.29. The summed E-state index contributed by atoms with van der Waals surface area (Å²) in [5.41, 5.74) is 0. The molecule has 13 heavy (non-hydrogen) atoms. The van der Waals surface area contributed by atoms with Gasteiger partial charge in [0, 0.05) is 25.3 Å². The number of likely N-dealkylation sites (N-methyl/N-ethyl adjacent to an activating group) is 1. The van der Waals surface area contributed by atoms with Crippen molar-refractivity contribution in [3.8, 4) is 6.07 Å². The van der Waals surface area contributed by atoms with E-state index in [1.165, 1.54) is 0 Å².